The summed E-state index contributed by atoms with van der Waals surface area (Å²) in [4.78, 5) is 15.4. The van der Waals surface area contributed by atoms with Gasteiger partial charge in [0.25, 0.3) is 0 Å². The predicted octanol–water partition coefficient (Wildman–Crippen LogP) is 15.9. The third kappa shape index (κ3) is 6.92. The highest BCUT2D eigenvalue weighted by molar-refractivity contribution is 6.13. The molecule has 0 saturated carbocycles. The predicted molar refractivity (Wildman–Crippen MR) is 286 cm³/mol. The standard InChI is InChI=1S/C64H40N6/c65-41-42-29-33-52(60(37-42)69-56-27-15-13-25-50(56)54-38-47(31-35-58(54)69)43-17-5-1-6-18-43)53-34-30-49(64-67-62(45-21-9-3-10-22-45)66-63(68-64)46-23-11-4-12-24-46)40-61(53)70-57-28-16-14-26-51(57)55-39-48(32-36-59(55)70)44-19-7-2-8-20-44/h1-40H. The maximum atomic E-state index is 10.5. The number of fused-ring (bicyclic) bond motifs is 6. The zero-order valence-electron chi connectivity index (χ0n) is 37.8. The Morgan fingerprint density at radius 1 is 0.286 bits per heavy atom. The van der Waals surface area contributed by atoms with Gasteiger partial charge in [-0.25, -0.2) is 15.0 Å². The van der Waals surface area contributed by atoms with E-state index in [1.165, 1.54) is 0 Å². The molecule has 0 unspecified atom stereocenters. The largest absolute Gasteiger partial charge is 0.309 e. The normalized spacial score (nSPS) is 11.4. The molecule has 3 heterocycles. The molecule has 0 spiro atoms. The molecule has 0 aliphatic heterocycles. The van der Waals surface area contributed by atoms with Crippen molar-refractivity contribution < 1.29 is 0 Å². The Morgan fingerprint density at radius 2 is 0.657 bits per heavy atom. The molecule has 0 fully saturated rings. The first-order chi connectivity index (χ1) is 34.7. The Labute approximate surface area is 404 Å². The van der Waals surface area contributed by atoms with Gasteiger partial charge in [0.1, 0.15) is 0 Å². The summed E-state index contributed by atoms with van der Waals surface area (Å²) < 4.78 is 4.71. The fourth-order valence-corrected chi connectivity index (χ4v) is 10.1. The lowest BCUT2D eigenvalue weighted by Gasteiger charge is -2.20. The van der Waals surface area contributed by atoms with E-state index in [4.69, 9.17) is 15.0 Å². The highest BCUT2D eigenvalue weighted by Crippen LogP contribution is 2.43. The SMILES string of the molecule is N#Cc1ccc(-c2ccc(-c3nc(-c4ccccc4)nc(-c4ccccc4)n3)cc2-n2c3ccccc3c3cc(-c4ccccc4)ccc32)c(-n2c3ccccc3c3cc(-c4ccccc4)ccc32)c1. The second-order valence-corrected chi connectivity index (χ2v) is 17.5. The third-order valence-corrected chi connectivity index (χ3v) is 13.4. The number of nitriles is 1. The van der Waals surface area contributed by atoms with Crippen LogP contribution in [0.3, 0.4) is 0 Å². The third-order valence-electron chi connectivity index (χ3n) is 13.4. The van der Waals surface area contributed by atoms with Crippen LogP contribution in [0.5, 0.6) is 0 Å². The lowest BCUT2D eigenvalue weighted by Crippen LogP contribution is -2.04. The van der Waals surface area contributed by atoms with Crippen LogP contribution in [-0.2, 0) is 0 Å². The molecule has 13 rings (SSSR count). The molecule has 3 aromatic heterocycles. The Bertz CT molecular complexity index is 4110. The molecule has 13 aromatic rings. The van der Waals surface area contributed by atoms with Crippen molar-refractivity contribution >= 4 is 43.6 Å². The Hall–Kier alpha value is -9.70. The Balaban J connectivity index is 1.10. The fraction of sp³-hybridized carbons (Fsp3) is 0. The van der Waals surface area contributed by atoms with Crippen molar-refractivity contribution in [2.45, 2.75) is 0 Å². The molecular weight excluding hydrogens is 853 g/mol. The van der Waals surface area contributed by atoms with Crippen molar-refractivity contribution in [2.75, 3.05) is 0 Å². The summed E-state index contributed by atoms with van der Waals surface area (Å²) in [5, 5.41) is 15.1. The summed E-state index contributed by atoms with van der Waals surface area (Å²) in [6, 6.07) is 87.0. The van der Waals surface area contributed by atoms with Gasteiger partial charge in [-0.15, -0.1) is 0 Å². The van der Waals surface area contributed by atoms with E-state index in [1.54, 1.807) is 0 Å². The minimum atomic E-state index is 0.560. The first kappa shape index (κ1) is 40.6. The van der Waals surface area contributed by atoms with Gasteiger partial charge in [-0.3, -0.25) is 0 Å². The molecule has 0 aliphatic carbocycles. The lowest BCUT2D eigenvalue weighted by molar-refractivity contribution is 1.07. The van der Waals surface area contributed by atoms with Gasteiger partial charge in [0.05, 0.1) is 45.1 Å². The van der Waals surface area contributed by atoms with Gasteiger partial charge in [0.2, 0.25) is 0 Å². The zero-order valence-corrected chi connectivity index (χ0v) is 37.8. The minimum Gasteiger partial charge on any atom is -0.309 e. The van der Waals surface area contributed by atoms with Crippen molar-refractivity contribution in [2.24, 2.45) is 0 Å². The Kier molecular flexibility index (Phi) is 9.78. The molecule has 70 heavy (non-hydrogen) atoms. The van der Waals surface area contributed by atoms with Crippen LogP contribution in [-0.4, -0.2) is 24.1 Å². The summed E-state index contributed by atoms with van der Waals surface area (Å²) in [7, 11) is 0. The van der Waals surface area contributed by atoms with E-state index in [2.05, 4.69) is 179 Å². The first-order valence-corrected chi connectivity index (χ1v) is 23.4. The number of hydrogen-bond donors (Lipinski definition) is 0. The lowest BCUT2D eigenvalue weighted by atomic mass is 9.97. The highest BCUT2D eigenvalue weighted by Gasteiger charge is 2.23. The van der Waals surface area contributed by atoms with E-state index in [1.807, 2.05) is 78.9 Å². The van der Waals surface area contributed by atoms with Crippen LogP contribution in [0.4, 0.5) is 0 Å². The van der Waals surface area contributed by atoms with Gasteiger partial charge in [0, 0.05) is 49.4 Å². The van der Waals surface area contributed by atoms with Crippen molar-refractivity contribution in [3.8, 4) is 85.0 Å². The van der Waals surface area contributed by atoms with Crippen LogP contribution in [0.2, 0.25) is 0 Å². The molecule has 10 aromatic carbocycles. The monoisotopic (exact) mass is 892 g/mol. The maximum Gasteiger partial charge on any atom is 0.164 e. The molecule has 326 valence electrons. The molecule has 0 bridgehead atoms. The molecule has 0 aliphatic rings. The quantitative estimate of drug-likeness (QED) is 0.152. The van der Waals surface area contributed by atoms with Crippen LogP contribution in [0, 0.1) is 11.3 Å². The molecule has 0 N–H and O–H groups in total. The minimum absolute atomic E-state index is 0.560. The van der Waals surface area contributed by atoms with Gasteiger partial charge in [0.15, 0.2) is 17.5 Å². The second kappa shape index (κ2) is 16.9. The number of aromatic nitrogens is 5. The van der Waals surface area contributed by atoms with Crippen molar-refractivity contribution in [1.29, 1.82) is 5.26 Å². The number of benzene rings is 10. The fourth-order valence-electron chi connectivity index (χ4n) is 10.1. The van der Waals surface area contributed by atoms with Crippen LogP contribution in [0.25, 0.3) is 123 Å². The molecule has 0 atom stereocenters. The maximum absolute atomic E-state index is 10.5. The van der Waals surface area contributed by atoms with E-state index in [9.17, 15) is 5.26 Å². The summed E-state index contributed by atoms with van der Waals surface area (Å²) in [6.45, 7) is 0. The van der Waals surface area contributed by atoms with Gasteiger partial charge < -0.3 is 9.13 Å². The van der Waals surface area contributed by atoms with Crippen LogP contribution in [0.1, 0.15) is 5.56 Å². The summed E-state index contributed by atoms with van der Waals surface area (Å²) in [5.41, 5.74) is 15.8. The van der Waals surface area contributed by atoms with Crippen molar-refractivity contribution in [3.63, 3.8) is 0 Å². The van der Waals surface area contributed by atoms with E-state index >= 15 is 0 Å². The molecule has 0 radical (unpaired) electrons. The smallest absolute Gasteiger partial charge is 0.164 e. The average molecular weight is 893 g/mol. The summed E-state index contributed by atoms with van der Waals surface area (Å²) in [6.07, 6.45) is 0. The highest BCUT2D eigenvalue weighted by atomic mass is 15.0. The number of hydrogen-bond acceptors (Lipinski definition) is 4. The zero-order chi connectivity index (χ0) is 46.5. The number of rotatable bonds is 8. The second-order valence-electron chi connectivity index (χ2n) is 17.5. The summed E-state index contributed by atoms with van der Waals surface area (Å²) >= 11 is 0. The molecule has 6 heteroatoms. The van der Waals surface area contributed by atoms with E-state index < -0.39 is 0 Å². The first-order valence-electron chi connectivity index (χ1n) is 23.4. The van der Waals surface area contributed by atoms with E-state index in [-0.39, 0.29) is 0 Å². The topological polar surface area (TPSA) is 72.3 Å². The molecule has 0 saturated heterocycles. The molecular formula is C64H40N6. The van der Waals surface area contributed by atoms with Gasteiger partial charge >= 0.3 is 0 Å². The molecule has 0 amide bonds. The van der Waals surface area contributed by atoms with E-state index in [0.717, 1.165) is 105 Å². The summed E-state index contributed by atoms with van der Waals surface area (Å²) in [5.74, 6) is 1.75. The van der Waals surface area contributed by atoms with Gasteiger partial charge in [-0.1, -0.05) is 188 Å². The van der Waals surface area contributed by atoms with Crippen LogP contribution >= 0.6 is 0 Å². The van der Waals surface area contributed by atoms with Crippen LogP contribution in [0.15, 0.2) is 243 Å². The van der Waals surface area contributed by atoms with Crippen molar-refractivity contribution in [1.82, 2.24) is 24.1 Å². The van der Waals surface area contributed by atoms with Crippen LogP contribution < -0.4 is 0 Å². The van der Waals surface area contributed by atoms with E-state index in [0.29, 0.717) is 23.0 Å². The number of para-hydroxylation sites is 2. The number of nitrogens with zero attached hydrogens (tertiary/aromatic N) is 6. The molecule has 6 nitrogen and oxygen atoms in total. The Morgan fingerprint density at radius 3 is 1.13 bits per heavy atom. The van der Waals surface area contributed by atoms with Crippen molar-refractivity contribution in [3.05, 3.63) is 248 Å². The average Bonchev–Trinajstić information content (AvgIpc) is 3.95. The van der Waals surface area contributed by atoms with Gasteiger partial charge in [-0.05, 0) is 76.9 Å². The van der Waals surface area contributed by atoms with Gasteiger partial charge in [-0.2, -0.15) is 5.26 Å².